The number of rotatable bonds is 10. The van der Waals surface area contributed by atoms with E-state index in [0.29, 0.717) is 35.2 Å². The molecule has 8 heteroatoms. The van der Waals surface area contributed by atoms with Crippen molar-refractivity contribution in [2.24, 2.45) is 0 Å². The van der Waals surface area contributed by atoms with Gasteiger partial charge in [0.1, 0.15) is 0 Å². The Kier molecular flexibility index (Phi) is 7.48. The predicted molar refractivity (Wildman–Crippen MR) is 123 cm³/mol. The van der Waals surface area contributed by atoms with Crippen LogP contribution in [-0.4, -0.2) is 48.3 Å². The quantitative estimate of drug-likeness (QED) is 0.307. The number of hydrogen-bond donors (Lipinski definition) is 0. The highest BCUT2D eigenvalue weighted by molar-refractivity contribution is 6.53. The molecule has 0 unspecified atom stereocenters. The molecule has 1 aliphatic rings. The highest BCUT2D eigenvalue weighted by atomic mass is 16.5. The number of amides is 4. The van der Waals surface area contributed by atoms with Crippen LogP contribution in [0.15, 0.2) is 36.4 Å². The Hall–Kier alpha value is -3.68. The normalized spacial score (nSPS) is 13.6. The molecule has 1 saturated heterocycles. The average Bonchev–Trinajstić information content (AvgIpc) is 3.01. The highest BCUT2D eigenvalue weighted by Crippen LogP contribution is 2.34. The lowest BCUT2D eigenvalue weighted by atomic mass is 10.0. The van der Waals surface area contributed by atoms with E-state index < -0.39 is 30.2 Å². The maximum absolute atomic E-state index is 13.0. The Morgan fingerprint density at radius 1 is 0.848 bits per heavy atom. The third-order valence-electron chi connectivity index (χ3n) is 5.16. The van der Waals surface area contributed by atoms with Crippen LogP contribution in [0, 0.1) is 13.8 Å². The zero-order valence-corrected chi connectivity index (χ0v) is 19.3. The lowest BCUT2D eigenvalue weighted by Crippen LogP contribution is -2.37. The van der Waals surface area contributed by atoms with Gasteiger partial charge in [-0.15, -0.1) is 0 Å². The molecule has 0 atom stereocenters. The molecule has 0 aliphatic carbocycles. The summed E-state index contributed by atoms with van der Waals surface area (Å²) >= 11 is 0. The fourth-order valence-electron chi connectivity index (χ4n) is 3.43. The topological polar surface area (TPSA) is 93.2 Å². The molecule has 2 aromatic rings. The summed E-state index contributed by atoms with van der Waals surface area (Å²) in [6.07, 6.45) is 1.56. The number of hydrogen-bond acceptors (Lipinski definition) is 6. The number of anilines is 1. The van der Waals surface area contributed by atoms with Gasteiger partial charge in [-0.1, -0.05) is 31.5 Å². The third-order valence-corrected chi connectivity index (χ3v) is 5.16. The van der Waals surface area contributed by atoms with E-state index in [9.17, 15) is 19.2 Å². The molecule has 0 aromatic heterocycles. The van der Waals surface area contributed by atoms with E-state index in [1.807, 2.05) is 26.8 Å². The summed E-state index contributed by atoms with van der Waals surface area (Å²) in [5.41, 5.74) is 2.20. The van der Waals surface area contributed by atoms with Crippen LogP contribution >= 0.6 is 0 Å². The van der Waals surface area contributed by atoms with Gasteiger partial charge in [-0.25, -0.2) is 14.6 Å². The Morgan fingerprint density at radius 2 is 1.52 bits per heavy atom. The van der Waals surface area contributed by atoms with Gasteiger partial charge in [0, 0.05) is 11.6 Å². The number of urea groups is 1. The van der Waals surface area contributed by atoms with Crippen LogP contribution in [0.1, 0.15) is 48.2 Å². The van der Waals surface area contributed by atoms with Gasteiger partial charge < -0.3 is 9.47 Å². The minimum Gasteiger partial charge on any atom is -0.490 e. The average molecular weight is 453 g/mol. The smallest absolute Gasteiger partial charge is 0.339 e. The predicted octanol–water partition coefficient (Wildman–Crippen LogP) is 4.06. The molecule has 0 saturated carbocycles. The largest absolute Gasteiger partial charge is 0.490 e. The summed E-state index contributed by atoms with van der Waals surface area (Å²) < 4.78 is 11.4. The van der Waals surface area contributed by atoms with E-state index >= 15 is 0 Å². The van der Waals surface area contributed by atoms with Gasteiger partial charge in [0.15, 0.2) is 17.3 Å². The summed E-state index contributed by atoms with van der Waals surface area (Å²) in [5.74, 6) is -1.61. The zero-order valence-electron chi connectivity index (χ0n) is 19.3. The second-order valence-corrected chi connectivity index (χ2v) is 7.88. The number of carbonyl (C=O) groups excluding carboxylic acids is 4. The zero-order chi connectivity index (χ0) is 24.1. The highest BCUT2D eigenvalue weighted by Gasteiger charge is 2.46. The van der Waals surface area contributed by atoms with Crippen LogP contribution in [0.5, 0.6) is 11.5 Å². The third kappa shape index (κ3) is 5.05. The van der Waals surface area contributed by atoms with Crippen molar-refractivity contribution in [3.05, 3.63) is 53.1 Å². The first-order chi connectivity index (χ1) is 15.8. The summed E-state index contributed by atoms with van der Waals surface area (Å²) in [7, 11) is 0. The molecule has 1 heterocycles. The minimum atomic E-state index is -1.04. The summed E-state index contributed by atoms with van der Waals surface area (Å²) in [6, 6.07) is 9.12. The summed E-state index contributed by atoms with van der Waals surface area (Å²) in [6.45, 7) is 7.94. The molecule has 0 N–H and O–H groups in total. The first-order valence-electron chi connectivity index (χ1n) is 11.0. The van der Waals surface area contributed by atoms with Crippen LogP contribution in [0.2, 0.25) is 0 Å². The molecule has 0 spiro atoms. The van der Waals surface area contributed by atoms with E-state index in [2.05, 4.69) is 0 Å². The van der Waals surface area contributed by atoms with Gasteiger partial charge in [-0.2, -0.15) is 0 Å². The Balaban J connectivity index is 1.87. The molecule has 4 amide bonds. The Bertz CT molecular complexity index is 1090. The maximum Gasteiger partial charge on any atom is 0.339 e. The number of Topliss-reactive ketones (excluding diaryl/α,β-unsaturated/α-hetero) is 1. The fraction of sp³-hybridized carbons (Fsp3) is 0.360. The second kappa shape index (κ2) is 10.3. The lowest BCUT2D eigenvalue weighted by Gasteiger charge is -2.18. The number of carbonyl (C=O) groups is 4. The van der Waals surface area contributed by atoms with Gasteiger partial charge in [0.25, 0.3) is 0 Å². The molecule has 33 heavy (non-hydrogen) atoms. The van der Waals surface area contributed by atoms with E-state index in [1.54, 1.807) is 25.1 Å². The standard InChI is InChI=1S/C25H28N2O6/c1-5-11-32-21-10-9-18(14-22(21)33-12-6-2)27-24(30)23(29)26(25(27)31)15-20(28)19-13-16(3)7-8-17(19)4/h7-10,13-14H,5-6,11-12,15H2,1-4H3. The van der Waals surface area contributed by atoms with Crippen LogP contribution < -0.4 is 14.4 Å². The first kappa shape index (κ1) is 24.0. The molecule has 174 valence electrons. The van der Waals surface area contributed by atoms with Crippen LogP contribution in [0.4, 0.5) is 10.5 Å². The van der Waals surface area contributed by atoms with E-state index in [-0.39, 0.29) is 5.69 Å². The molecule has 1 aliphatic heterocycles. The lowest BCUT2D eigenvalue weighted by molar-refractivity contribution is -0.139. The summed E-state index contributed by atoms with van der Waals surface area (Å²) in [4.78, 5) is 52.5. The number of ether oxygens (including phenoxy) is 2. The Labute approximate surface area is 193 Å². The minimum absolute atomic E-state index is 0.176. The van der Waals surface area contributed by atoms with Gasteiger partial charge in [0.05, 0.1) is 25.4 Å². The van der Waals surface area contributed by atoms with Crippen LogP contribution in [-0.2, 0) is 9.59 Å². The van der Waals surface area contributed by atoms with Crippen molar-refractivity contribution < 1.29 is 28.7 Å². The molecular weight excluding hydrogens is 424 g/mol. The number of aryl methyl sites for hydroxylation is 2. The van der Waals surface area contributed by atoms with Crippen molar-refractivity contribution in [3.63, 3.8) is 0 Å². The van der Waals surface area contributed by atoms with E-state index in [1.165, 1.54) is 12.1 Å². The monoisotopic (exact) mass is 452 g/mol. The van der Waals surface area contributed by atoms with Gasteiger partial charge >= 0.3 is 17.8 Å². The molecule has 8 nitrogen and oxygen atoms in total. The van der Waals surface area contributed by atoms with E-state index in [4.69, 9.17) is 9.47 Å². The molecule has 2 aromatic carbocycles. The SMILES string of the molecule is CCCOc1ccc(N2C(=O)C(=O)N(CC(=O)c3cc(C)ccc3C)C2=O)cc1OCCC. The van der Waals surface area contributed by atoms with Crippen molar-refractivity contribution >= 4 is 29.3 Å². The number of imide groups is 2. The summed E-state index contributed by atoms with van der Waals surface area (Å²) in [5, 5.41) is 0. The number of benzene rings is 2. The first-order valence-corrected chi connectivity index (χ1v) is 11.0. The van der Waals surface area contributed by atoms with Crippen molar-refractivity contribution in [2.45, 2.75) is 40.5 Å². The van der Waals surface area contributed by atoms with Crippen molar-refractivity contribution in [2.75, 3.05) is 24.7 Å². The van der Waals surface area contributed by atoms with Gasteiger partial charge in [-0.05, 0) is 50.5 Å². The van der Waals surface area contributed by atoms with Gasteiger partial charge in [-0.3, -0.25) is 14.4 Å². The van der Waals surface area contributed by atoms with Crippen molar-refractivity contribution in [3.8, 4) is 11.5 Å². The van der Waals surface area contributed by atoms with Crippen molar-refractivity contribution in [1.82, 2.24) is 4.90 Å². The fourth-order valence-corrected chi connectivity index (χ4v) is 3.43. The number of ketones is 1. The maximum atomic E-state index is 13.0. The second-order valence-electron chi connectivity index (χ2n) is 7.88. The van der Waals surface area contributed by atoms with Crippen LogP contribution in [0.3, 0.4) is 0 Å². The molecule has 0 radical (unpaired) electrons. The molecule has 3 rings (SSSR count). The van der Waals surface area contributed by atoms with Crippen LogP contribution in [0.25, 0.3) is 0 Å². The Morgan fingerprint density at radius 3 is 2.18 bits per heavy atom. The van der Waals surface area contributed by atoms with E-state index in [0.717, 1.165) is 28.9 Å². The molecule has 1 fully saturated rings. The molecular formula is C25H28N2O6. The molecule has 0 bridgehead atoms. The number of nitrogens with zero attached hydrogens (tertiary/aromatic N) is 2. The van der Waals surface area contributed by atoms with Gasteiger partial charge in [0.2, 0.25) is 0 Å². The van der Waals surface area contributed by atoms with Crippen molar-refractivity contribution in [1.29, 1.82) is 0 Å².